The second kappa shape index (κ2) is 26.0. The van der Waals surface area contributed by atoms with E-state index >= 15 is 0 Å². The van der Waals surface area contributed by atoms with Gasteiger partial charge in [0.2, 0.25) is 11.1 Å². The molecule has 1 fully saturated rings. The highest BCUT2D eigenvalue weighted by Crippen LogP contribution is 2.11. The van der Waals surface area contributed by atoms with Crippen molar-refractivity contribution >= 4 is 46.5 Å². The van der Waals surface area contributed by atoms with Crippen LogP contribution in [0.15, 0.2) is 0 Å². The lowest BCUT2D eigenvalue weighted by Gasteiger charge is -2.13. The van der Waals surface area contributed by atoms with Crippen LogP contribution in [-0.2, 0) is 38.3 Å². The molecule has 12 nitrogen and oxygen atoms in total. The van der Waals surface area contributed by atoms with Crippen molar-refractivity contribution in [3.8, 4) is 0 Å². The van der Waals surface area contributed by atoms with Gasteiger partial charge in [-0.15, -0.1) is 5.06 Å². The highest BCUT2D eigenvalue weighted by Gasteiger charge is 2.31. The summed E-state index contributed by atoms with van der Waals surface area (Å²) < 4.78 is 4.90. The highest BCUT2D eigenvalue weighted by molar-refractivity contribution is 6.62. The second-order valence-electron chi connectivity index (χ2n) is 6.49. The number of hydroxylamine groups is 2. The van der Waals surface area contributed by atoms with E-state index in [2.05, 4.69) is 47.4 Å². The molecule has 0 aromatic rings. The summed E-state index contributed by atoms with van der Waals surface area (Å²) in [7, 11) is 0. The van der Waals surface area contributed by atoms with Crippen LogP contribution in [0.3, 0.4) is 0 Å². The lowest BCUT2D eigenvalue weighted by Crippen LogP contribution is -2.30. The third-order valence-corrected chi connectivity index (χ3v) is 3.65. The molecule has 0 radical (unpaired) electrons. The van der Waals surface area contributed by atoms with Gasteiger partial charge >= 0.3 is 11.9 Å². The van der Waals surface area contributed by atoms with Gasteiger partial charge in [-0.25, -0.2) is 4.79 Å². The Balaban J connectivity index is -0.000000193. The van der Waals surface area contributed by atoms with Crippen LogP contribution in [-0.4, -0.2) is 89.4 Å². The first-order valence-electron chi connectivity index (χ1n) is 10.8. The van der Waals surface area contributed by atoms with Crippen molar-refractivity contribution in [2.75, 3.05) is 39.4 Å². The summed E-state index contributed by atoms with van der Waals surface area (Å²) in [6, 6.07) is 0. The van der Waals surface area contributed by atoms with Gasteiger partial charge in [-0.2, -0.15) is 0 Å². The van der Waals surface area contributed by atoms with Crippen LogP contribution in [0, 0.1) is 0 Å². The summed E-state index contributed by atoms with van der Waals surface area (Å²) in [4.78, 5) is 68.0. The predicted molar refractivity (Wildman–Crippen MR) is 131 cm³/mol. The van der Waals surface area contributed by atoms with Crippen molar-refractivity contribution in [2.24, 2.45) is 0 Å². The number of amides is 3. The van der Waals surface area contributed by atoms with Gasteiger partial charge in [-0.3, -0.25) is 24.0 Å². The second-order valence-corrected chi connectivity index (χ2v) is 7.03. The molecular formula is C22H42ClN3O9. The van der Waals surface area contributed by atoms with Crippen LogP contribution in [0.5, 0.6) is 0 Å². The summed E-state index contributed by atoms with van der Waals surface area (Å²) in [5, 5.41) is 10.9. The molecule has 0 saturated carbocycles. The average molecular weight is 528 g/mol. The molecule has 0 aromatic heterocycles. The van der Waals surface area contributed by atoms with E-state index in [9.17, 15) is 28.8 Å². The summed E-state index contributed by atoms with van der Waals surface area (Å²) in [5.74, 6) is -2.56. The van der Waals surface area contributed by atoms with Crippen molar-refractivity contribution in [3.05, 3.63) is 0 Å². The first kappa shape index (κ1) is 39.6. The smallest absolute Gasteiger partial charge is 0.330 e. The molecule has 0 unspecified atom stereocenters. The van der Waals surface area contributed by atoms with E-state index in [-0.39, 0.29) is 44.4 Å². The summed E-state index contributed by atoms with van der Waals surface area (Å²) in [6.45, 7) is 14.9. The van der Waals surface area contributed by atoms with E-state index in [0.29, 0.717) is 18.2 Å². The van der Waals surface area contributed by atoms with Crippen LogP contribution < -0.4 is 5.32 Å². The minimum Gasteiger partial charge on any atom is -0.481 e. The van der Waals surface area contributed by atoms with Gasteiger partial charge in [-0.1, -0.05) is 28.2 Å². The number of nitrogens with zero attached hydrogens (tertiary/aromatic N) is 2. The van der Waals surface area contributed by atoms with Crippen molar-refractivity contribution in [1.29, 1.82) is 0 Å². The minimum absolute atomic E-state index is 0. The van der Waals surface area contributed by atoms with E-state index in [1.165, 1.54) is 33.5 Å². The van der Waals surface area contributed by atoms with Crippen molar-refractivity contribution < 1.29 is 43.4 Å². The SMILES string of the molecule is C.CC(=O)Cl.CC(=O)NCCOCCC(=O)O.CC(=O)ON1C(=O)CCC1=O.CCN(CC)CC. The molecule has 0 aliphatic carbocycles. The maximum absolute atomic E-state index is 10.7. The molecule has 0 bridgehead atoms. The normalized spacial score (nSPS) is 11.5. The molecule has 0 atom stereocenters. The summed E-state index contributed by atoms with van der Waals surface area (Å²) in [6.07, 6.45) is 0.262. The molecule has 1 aliphatic heterocycles. The molecule has 35 heavy (non-hydrogen) atoms. The van der Waals surface area contributed by atoms with E-state index in [1.54, 1.807) is 0 Å². The Kier molecular flexibility index (Phi) is 29.5. The fraction of sp³-hybridized carbons (Fsp3) is 0.727. The van der Waals surface area contributed by atoms with Gasteiger partial charge in [0, 0.05) is 40.2 Å². The van der Waals surface area contributed by atoms with Crippen LogP contribution in [0.4, 0.5) is 0 Å². The van der Waals surface area contributed by atoms with E-state index in [0.717, 1.165) is 6.92 Å². The Labute approximate surface area is 213 Å². The number of imide groups is 1. The number of aliphatic carboxylic acids is 1. The number of carbonyl (C=O) groups is 6. The standard InChI is InChI=1S/C7H13NO4.C6H7NO4.C6H15N.C2H3ClO.CH4/c1-6(9)8-3-5-12-4-2-7(10)11;1-4(8)11-7-5(9)2-3-6(7)10;1-4-7(5-2)6-3;1-2(3)4;/h2-5H2,1H3,(H,8,9)(H,10,11);2-3H2,1H3;4-6H2,1-3H3;1H3;1H4. The van der Waals surface area contributed by atoms with Crippen LogP contribution >= 0.6 is 11.6 Å². The number of ether oxygens (including phenoxy) is 1. The number of carboxylic acid groups (broad SMARTS) is 1. The molecule has 1 aliphatic rings. The third kappa shape index (κ3) is 31.4. The van der Waals surface area contributed by atoms with E-state index in [1.807, 2.05) is 0 Å². The lowest BCUT2D eigenvalue weighted by atomic mass is 10.4. The first-order chi connectivity index (χ1) is 15.8. The number of nitrogens with one attached hydrogen (secondary N) is 1. The molecule has 2 N–H and O–H groups in total. The van der Waals surface area contributed by atoms with Crippen molar-refractivity contribution in [1.82, 2.24) is 15.3 Å². The number of halogens is 1. The number of rotatable bonds is 10. The molecule has 3 amide bonds. The summed E-state index contributed by atoms with van der Waals surface area (Å²) >= 11 is 4.64. The van der Waals surface area contributed by atoms with E-state index in [4.69, 9.17) is 9.84 Å². The lowest BCUT2D eigenvalue weighted by molar-refractivity contribution is -0.195. The van der Waals surface area contributed by atoms with E-state index < -0.39 is 23.8 Å². The Hall–Kier alpha value is -2.57. The minimum atomic E-state index is -0.880. The monoisotopic (exact) mass is 527 g/mol. The maximum Gasteiger partial charge on any atom is 0.330 e. The molecule has 1 saturated heterocycles. The van der Waals surface area contributed by atoms with Gasteiger partial charge in [-0.05, 0) is 31.2 Å². The summed E-state index contributed by atoms with van der Waals surface area (Å²) in [5.41, 5.74) is 0. The fourth-order valence-electron chi connectivity index (χ4n) is 2.02. The molecule has 13 heteroatoms. The van der Waals surface area contributed by atoms with Gasteiger partial charge in [0.1, 0.15) is 0 Å². The third-order valence-electron chi connectivity index (χ3n) is 3.65. The molecule has 206 valence electrons. The van der Waals surface area contributed by atoms with Gasteiger partial charge < -0.3 is 24.9 Å². The molecular weight excluding hydrogens is 486 g/mol. The molecule has 0 aromatic carbocycles. The fourth-order valence-corrected chi connectivity index (χ4v) is 2.02. The van der Waals surface area contributed by atoms with Crippen molar-refractivity contribution in [3.63, 3.8) is 0 Å². The zero-order chi connectivity index (χ0) is 27.1. The van der Waals surface area contributed by atoms with Crippen LogP contribution in [0.1, 0.15) is 68.2 Å². The zero-order valence-corrected chi connectivity index (χ0v) is 21.6. The van der Waals surface area contributed by atoms with Crippen molar-refractivity contribution in [2.45, 2.75) is 68.2 Å². The Morgan fingerprint density at radius 3 is 1.69 bits per heavy atom. The van der Waals surface area contributed by atoms with Crippen LogP contribution in [0.2, 0.25) is 0 Å². The Bertz CT molecular complexity index is 598. The first-order valence-corrected chi connectivity index (χ1v) is 11.2. The Morgan fingerprint density at radius 1 is 0.971 bits per heavy atom. The topological polar surface area (TPSA) is 160 Å². The molecule has 1 heterocycles. The highest BCUT2D eigenvalue weighted by atomic mass is 35.5. The molecule has 1 rings (SSSR count). The van der Waals surface area contributed by atoms with Crippen LogP contribution in [0.25, 0.3) is 0 Å². The quantitative estimate of drug-likeness (QED) is 0.244. The molecule has 0 spiro atoms. The zero-order valence-electron chi connectivity index (χ0n) is 20.8. The average Bonchev–Trinajstić information content (AvgIpc) is 3.04. The largest absolute Gasteiger partial charge is 0.481 e. The predicted octanol–water partition coefficient (Wildman–Crippen LogP) is 1.98. The number of carbonyl (C=O) groups excluding carboxylic acids is 5. The Morgan fingerprint density at radius 2 is 1.40 bits per heavy atom. The van der Waals surface area contributed by atoms with Gasteiger partial charge in [0.05, 0.1) is 19.6 Å². The maximum atomic E-state index is 10.7. The number of hydrogen-bond acceptors (Lipinski definition) is 9. The number of carboxylic acids is 1. The van der Waals surface area contributed by atoms with Gasteiger partial charge in [0.25, 0.3) is 11.8 Å². The van der Waals surface area contributed by atoms with Gasteiger partial charge in [0.15, 0.2) is 0 Å². The number of hydrogen-bond donors (Lipinski definition) is 2.